The first kappa shape index (κ1) is 37.7. The number of halogens is 2. The highest BCUT2D eigenvalue weighted by atomic mass is 35.5. The summed E-state index contributed by atoms with van der Waals surface area (Å²) in [4.78, 5) is 41.5. The van der Waals surface area contributed by atoms with E-state index in [0.29, 0.717) is 58.0 Å². The molecule has 4 aromatic carbocycles. The number of hydrogen-bond acceptors (Lipinski definition) is 5. The lowest BCUT2D eigenvalue weighted by molar-refractivity contribution is 0.261. The third-order valence-corrected chi connectivity index (χ3v) is 10.2. The van der Waals surface area contributed by atoms with Crippen LogP contribution < -0.4 is 26.2 Å². The molecule has 4 amide bonds. The molecule has 1 aliphatic rings. The normalized spacial score (nSPS) is 13.0. The number of pyridine rings is 2. The highest BCUT2D eigenvalue weighted by Crippen LogP contribution is 2.35. The van der Waals surface area contributed by atoms with E-state index in [0.717, 1.165) is 44.2 Å². The molecule has 0 unspecified atom stereocenters. The van der Waals surface area contributed by atoms with Gasteiger partial charge in [0, 0.05) is 95.0 Å². The third kappa shape index (κ3) is 9.36. The predicted octanol–water partition coefficient (Wildman–Crippen LogP) is 11.4. The van der Waals surface area contributed by atoms with Crippen molar-refractivity contribution in [3.8, 4) is 0 Å². The number of urea groups is 2. The molecule has 14 heteroatoms. The Morgan fingerprint density at radius 3 is 1.84 bits per heavy atom. The Hall–Kier alpha value is -7.28. The van der Waals surface area contributed by atoms with Crippen LogP contribution in [0.15, 0.2) is 146 Å². The van der Waals surface area contributed by atoms with Crippen molar-refractivity contribution in [2.24, 2.45) is 0 Å². The molecule has 314 valence electrons. The molecule has 62 heavy (non-hydrogen) atoms. The lowest BCUT2D eigenvalue weighted by atomic mass is 10.1. The molecule has 1 aliphatic heterocycles. The van der Waals surface area contributed by atoms with Crippen molar-refractivity contribution < 1.29 is 15.1 Å². The van der Waals surface area contributed by atoms with Gasteiger partial charge in [-0.1, -0.05) is 36.4 Å². The fourth-order valence-electron chi connectivity index (χ4n) is 7.45. The van der Waals surface area contributed by atoms with Crippen LogP contribution >= 0.6 is 24.8 Å². The molecular formula is C48H46Cl2N10O2. The van der Waals surface area contributed by atoms with Crippen LogP contribution in [0.25, 0.3) is 33.0 Å². The second-order valence-electron chi connectivity index (χ2n) is 14.4. The average molecular weight is 870 g/mol. The third-order valence-electron chi connectivity index (χ3n) is 10.2. The van der Waals surface area contributed by atoms with Crippen molar-refractivity contribution in [3.63, 3.8) is 0 Å². The molecule has 6 heterocycles. The summed E-state index contributed by atoms with van der Waals surface area (Å²) in [6.45, 7) is 0.879. The molecule has 0 atom stereocenters. The van der Waals surface area contributed by atoms with Gasteiger partial charge in [-0.25, -0.2) is 19.6 Å². The topological polar surface area (TPSA) is 148 Å². The van der Waals surface area contributed by atoms with E-state index in [1.54, 1.807) is 64.7 Å². The van der Waals surface area contributed by atoms with E-state index in [2.05, 4.69) is 41.2 Å². The first-order chi connectivity index (χ1) is 30.9. The molecule has 0 fully saturated rings. The number of aromatic amines is 2. The van der Waals surface area contributed by atoms with Crippen molar-refractivity contribution in [2.45, 2.75) is 33.3 Å². The van der Waals surface area contributed by atoms with Gasteiger partial charge in [-0.15, -0.1) is 24.8 Å². The zero-order valence-corrected chi connectivity index (χ0v) is 35.3. The number of carbonyl (C=O) groups is 2. The number of amides is 4. The Morgan fingerprint density at radius 2 is 1.21 bits per heavy atom. The number of hydrogen-bond donors (Lipinski definition) is 6. The molecule has 0 spiro atoms. The Morgan fingerprint density at radius 1 is 0.645 bits per heavy atom. The van der Waals surface area contributed by atoms with Gasteiger partial charge >= 0.3 is 12.1 Å². The van der Waals surface area contributed by atoms with Crippen LogP contribution in [0.2, 0.25) is 0 Å². The minimum Gasteiger partial charge on any atom is -0.367 e. The minimum atomic E-state index is -1.83. The van der Waals surface area contributed by atoms with E-state index < -0.39 is 13.0 Å². The Kier molecular flexibility index (Phi) is 11.5. The number of aromatic nitrogens is 5. The van der Waals surface area contributed by atoms with Crippen LogP contribution in [0, 0.1) is 13.8 Å². The lowest BCUT2D eigenvalue weighted by Gasteiger charge is -2.20. The quantitative estimate of drug-likeness (QED) is 0.0900. The van der Waals surface area contributed by atoms with Gasteiger partial charge in [-0.3, -0.25) is 0 Å². The zero-order valence-electron chi connectivity index (χ0n) is 37.7. The first-order valence-electron chi connectivity index (χ1n) is 21.5. The standard InChI is InChI=1S/C24H23N5O.C24H21N5O.2ClH/c2*1-16-4-2-5-18(14-16)27-24(30)28-21-6-3-7-22-20(21)10-13-29(22)15-17-8-11-25-23-19(17)9-12-26-23;;/h2-9,11-12,14H,10,13,15H2,1H3,(H,25,26)(H2,27,28,30);2-14H,15H2,1H3,(H,25,26)(H2,27,28,30);2*1H/i2*15D2;;. The fourth-order valence-corrected chi connectivity index (χ4v) is 7.45. The number of nitrogens with one attached hydrogen (secondary N) is 6. The van der Waals surface area contributed by atoms with E-state index in [1.165, 1.54) is 0 Å². The maximum atomic E-state index is 12.6. The van der Waals surface area contributed by atoms with Gasteiger partial charge in [0.25, 0.3) is 0 Å². The lowest BCUT2D eigenvalue weighted by Crippen LogP contribution is -2.20. The molecule has 0 bridgehead atoms. The molecule has 0 radical (unpaired) electrons. The van der Waals surface area contributed by atoms with Gasteiger partial charge in [0.05, 0.1) is 16.7 Å². The van der Waals surface area contributed by atoms with Crippen LogP contribution in [0.4, 0.5) is 38.0 Å². The van der Waals surface area contributed by atoms with Gasteiger partial charge in [0.15, 0.2) is 0 Å². The van der Waals surface area contributed by atoms with E-state index >= 15 is 0 Å². The number of aryl methyl sites for hydroxylation is 2. The van der Waals surface area contributed by atoms with E-state index in [1.807, 2.05) is 105 Å². The van der Waals surface area contributed by atoms with Crippen molar-refractivity contribution in [2.75, 3.05) is 32.7 Å². The smallest absolute Gasteiger partial charge is 0.323 e. The van der Waals surface area contributed by atoms with Crippen molar-refractivity contribution in [1.29, 1.82) is 0 Å². The summed E-state index contributed by atoms with van der Waals surface area (Å²) >= 11 is 0. The monoisotopic (exact) mass is 868 g/mol. The average Bonchev–Trinajstić information content (AvgIpc) is 4.10. The number of carbonyl (C=O) groups excluding carboxylic acids is 2. The summed E-state index contributed by atoms with van der Waals surface area (Å²) in [5.74, 6) is 0. The van der Waals surface area contributed by atoms with E-state index in [-0.39, 0.29) is 36.9 Å². The number of rotatable bonds is 8. The number of H-pyrrole nitrogens is 2. The van der Waals surface area contributed by atoms with Gasteiger partial charge in [-0.2, -0.15) is 0 Å². The van der Waals surface area contributed by atoms with Crippen LogP contribution in [-0.2, 0) is 19.4 Å². The largest absolute Gasteiger partial charge is 0.367 e. The minimum absolute atomic E-state index is 0. The summed E-state index contributed by atoms with van der Waals surface area (Å²) in [7, 11) is 0. The number of benzene rings is 4. The molecule has 12 nitrogen and oxygen atoms in total. The van der Waals surface area contributed by atoms with Gasteiger partial charge in [0.1, 0.15) is 11.3 Å². The molecule has 0 aliphatic carbocycles. The SMILES string of the molecule is Cl.Cl.[2H]C([2H])(c1ccnc2[nH]ccc12)N1CCc2c(NC(=O)Nc3cccc(C)c3)cccc21.[2H]C([2H])(c1ccnc2[nH]ccc12)n1ccc2c(NC(=O)Nc3cccc(C)c3)cccc21. The van der Waals surface area contributed by atoms with Crippen LogP contribution in [-0.4, -0.2) is 43.1 Å². The second-order valence-corrected chi connectivity index (χ2v) is 14.4. The summed E-state index contributed by atoms with van der Waals surface area (Å²) in [5, 5.41) is 13.7. The molecule has 5 aromatic heterocycles. The molecule has 6 N–H and O–H groups in total. The molecular weight excluding hydrogens is 820 g/mol. The van der Waals surface area contributed by atoms with Crippen LogP contribution in [0.1, 0.15) is 33.3 Å². The van der Waals surface area contributed by atoms with Crippen molar-refractivity contribution in [1.82, 2.24) is 24.5 Å². The Labute approximate surface area is 376 Å². The van der Waals surface area contributed by atoms with E-state index in [4.69, 9.17) is 5.48 Å². The zero-order chi connectivity index (χ0) is 44.6. The van der Waals surface area contributed by atoms with E-state index in [9.17, 15) is 9.59 Å². The first-order valence-corrected chi connectivity index (χ1v) is 19.5. The molecule has 0 saturated heterocycles. The van der Waals surface area contributed by atoms with Gasteiger partial charge < -0.3 is 40.7 Å². The number of anilines is 5. The fraction of sp³-hybridized carbons (Fsp3) is 0.125. The van der Waals surface area contributed by atoms with Crippen molar-refractivity contribution in [3.05, 3.63) is 174 Å². The van der Waals surface area contributed by atoms with Crippen LogP contribution in [0.5, 0.6) is 0 Å². The molecule has 9 aromatic rings. The van der Waals surface area contributed by atoms with Gasteiger partial charge in [-0.05, 0) is 121 Å². The molecule has 0 saturated carbocycles. The maximum absolute atomic E-state index is 12.6. The predicted molar refractivity (Wildman–Crippen MR) is 257 cm³/mol. The summed E-state index contributed by atoms with van der Waals surface area (Å²) in [6, 6.07) is 34.4. The summed E-state index contributed by atoms with van der Waals surface area (Å²) in [5.41, 5.74) is 9.58. The Balaban J connectivity index is 0.000000191. The number of fused-ring (bicyclic) bond motifs is 4. The van der Waals surface area contributed by atoms with Crippen LogP contribution in [0.3, 0.4) is 0 Å². The summed E-state index contributed by atoms with van der Waals surface area (Å²) in [6.07, 6.45) is 9.07. The van der Waals surface area contributed by atoms with Crippen molar-refractivity contribution >= 4 is 98.3 Å². The maximum Gasteiger partial charge on any atom is 0.323 e. The number of nitrogens with zero attached hydrogens (tertiary/aromatic N) is 4. The highest BCUT2D eigenvalue weighted by Gasteiger charge is 2.23. The Bertz CT molecular complexity index is 3210. The second kappa shape index (κ2) is 19.0. The van der Waals surface area contributed by atoms with Gasteiger partial charge in [0.2, 0.25) is 0 Å². The summed E-state index contributed by atoms with van der Waals surface area (Å²) < 4.78 is 37.3. The molecule has 10 rings (SSSR count). The highest BCUT2D eigenvalue weighted by molar-refractivity contribution is 6.06.